The Bertz CT molecular complexity index is 286. The number of hydrogen-bond acceptors (Lipinski definition) is 4. The number of carbonyl (C=O) groups is 2. The van der Waals surface area contributed by atoms with Crippen molar-refractivity contribution >= 4 is 11.9 Å². The number of unbranched alkanes of at least 4 members (excludes halogenated alkanes) is 10. The van der Waals surface area contributed by atoms with E-state index in [0.29, 0.717) is 12.8 Å². The molecule has 0 aromatic carbocycles. The van der Waals surface area contributed by atoms with Gasteiger partial charge < -0.3 is 21.7 Å². The third-order valence-electron chi connectivity index (χ3n) is 3.92. The van der Waals surface area contributed by atoms with Gasteiger partial charge in [0.1, 0.15) is 0 Å². The maximum absolute atomic E-state index is 10.3. The molecule has 0 aromatic heterocycles. The molecule has 0 saturated heterocycles. The monoisotopic (exact) mass is 360 g/mol. The van der Waals surface area contributed by atoms with Crippen molar-refractivity contribution in [1.82, 2.24) is 0 Å². The Labute approximate surface area is 153 Å². The van der Waals surface area contributed by atoms with Gasteiger partial charge in [-0.1, -0.05) is 71.1 Å². The van der Waals surface area contributed by atoms with Gasteiger partial charge in [0.05, 0.1) is 6.17 Å². The third-order valence-corrected chi connectivity index (χ3v) is 3.92. The van der Waals surface area contributed by atoms with Crippen molar-refractivity contribution in [2.24, 2.45) is 11.5 Å². The van der Waals surface area contributed by atoms with Crippen LogP contribution >= 0.6 is 0 Å². The van der Waals surface area contributed by atoms with Crippen molar-refractivity contribution in [1.29, 1.82) is 0 Å². The fourth-order valence-electron chi connectivity index (χ4n) is 2.41. The van der Waals surface area contributed by atoms with Gasteiger partial charge in [0.25, 0.3) is 0 Å². The standard InChI is InChI=1S/C14H26O4.C5H14N2/c15-13(16)11-9-7-5-3-1-2-4-6-8-10-12-14(17)18;1-2-3-4-5(6)7/h1-12H2,(H,15,16)(H,17,18);5H,2-4,6-7H2,1H3. The highest BCUT2D eigenvalue weighted by atomic mass is 16.4. The summed E-state index contributed by atoms with van der Waals surface area (Å²) in [5, 5.41) is 16.9. The molecule has 25 heavy (non-hydrogen) atoms. The Kier molecular flexibility index (Phi) is 21.8. The largest absolute Gasteiger partial charge is 0.481 e. The molecule has 0 aliphatic heterocycles. The summed E-state index contributed by atoms with van der Waals surface area (Å²) < 4.78 is 0. The average molecular weight is 361 g/mol. The molecule has 0 aliphatic carbocycles. The highest BCUT2D eigenvalue weighted by molar-refractivity contribution is 5.66. The van der Waals surface area contributed by atoms with E-state index >= 15 is 0 Å². The molecule has 0 spiro atoms. The van der Waals surface area contributed by atoms with E-state index in [-0.39, 0.29) is 6.17 Å². The highest BCUT2D eigenvalue weighted by Crippen LogP contribution is 2.11. The quantitative estimate of drug-likeness (QED) is 0.241. The Morgan fingerprint density at radius 2 is 1.00 bits per heavy atom. The number of rotatable bonds is 16. The number of nitrogens with two attached hydrogens (primary N) is 2. The highest BCUT2D eigenvalue weighted by Gasteiger charge is 1.98. The zero-order valence-corrected chi connectivity index (χ0v) is 16.0. The lowest BCUT2D eigenvalue weighted by Gasteiger charge is -2.01. The fraction of sp³-hybridized carbons (Fsp3) is 0.895. The van der Waals surface area contributed by atoms with Gasteiger partial charge in [-0.25, -0.2) is 0 Å². The number of carboxylic acids is 2. The van der Waals surface area contributed by atoms with Crippen molar-refractivity contribution in [2.75, 3.05) is 0 Å². The average Bonchev–Trinajstić information content (AvgIpc) is 2.54. The molecule has 0 amide bonds. The number of aliphatic carboxylic acids is 2. The van der Waals surface area contributed by atoms with E-state index in [2.05, 4.69) is 6.92 Å². The van der Waals surface area contributed by atoms with Crippen LogP contribution in [0.2, 0.25) is 0 Å². The zero-order valence-electron chi connectivity index (χ0n) is 16.0. The first-order chi connectivity index (χ1) is 11.9. The van der Waals surface area contributed by atoms with Crippen LogP contribution in [0.25, 0.3) is 0 Å². The molecule has 0 heterocycles. The minimum absolute atomic E-state index is 0.0973. The van der Waals surface area contributed by atoms with Crippen molar-refractivity contribution < 1.29 is 19.8 Å². The number of carboxylic acid groups (broad SMARTS) is 2. The van der Waals surface area contributed by atoms with Crippen LogP contribution in [-0.2, 0) is 9.59 Å². The second kappa shape index (κ2) is 20.9. The Morgan fingerprint density at radius 3 is 1.20 bits per heavy atom. The molecular weight excluding hydrogens is 320 g/mol. The lowest BCUT2D eigenvalue weighted by molar-refractivity contribution is -0.138. The summed E-state index contributed by atoms with van der Waals surface area (Å²) in [5.41, 5.74) is 10.5. The van der Waals surface area contributed by atoms with Gasteiger partial charge in [-0.05, 0) is 19.3 Å². The van der Waals surface area contributed by atoms with E-state index in [0.717, 1.165) is 51.4 Å². The molecule has 0 aromatic rings. The van der Waals surface area contributed by atoms with Crippen LogP contribution in [0.5, 0.6) is 0 Å². The van der Waals surface area contributed by atoms with E-state index in [1.807, 2.05) is 0 Å². The van der Waals surface area contributed by atoms with Crippen LogP contribution in [0.1, 0.15) is 103 Å². The first kappa shape index (κ1) is 26.1. The summed E-state index contributed by atoms with van der Waals surface area (Å²) in [7, 11) is 0. The summed E-state index contributed by atoms with van der Waals surface area (Å²) in [6.07, 6.45) is 14.5. The van der Waals surface area contributed by atoms with E-state index in [9.17, 15) is 9.59 Å². The van der Waals surface area contributed by atoms with Gasteiger partial charge >= 0.3 is 11.9 Å². The second-order valence-electron chi connectivity index (χ2n) is 6.63. The van der Waals surface area contributed by atoms with Crippen LogP contribution in [0, 0.1) is 0 Å². The van der Waals surface area contributed by atoms with Crippen molar-refractivity contribution in [3.63, 3.8) is 0 Å². The van der Waals surface area contributed by atoms with Crippen LogP contribution in [0.15, 0.2) is 0 Å². The molecule has 0 fully saturated rings. The third kappa shape index (κ3) is 31.2. The van der Waals surface area contributed by atoms with Crippen LogP contribution in [0.4, 0.5) is 0 Å². The Balaban J connectivity index is 0. The zero-order chi connectivity index (χ0) is 19.3. The summed E-state index contributed by atoms with van der Waals surface area (Å²) in [6.45, 7) is 2.13. The minimum atomic E-state index is -0.698. The minimum Gasteiger partial charge on any atom is -0.481 e. The molecule has 0 unspecified atom stereocenters. The van der Waals surface area contributed by atoms with Crippen LogP contribution < -0.4 is 11.5 Å². The summed E-state index contributed by atoms with van der Waals surface area (Å²) in [4.78, 5) is 20.5. The molecule has 6 nitrogen and oxygen atoms in total. The van der Waals surface area contributed by atoms with Gasteiger partial charge in [0, 0.05) is 12.8 Å². The molecule has 0 rings (SSSR count). The Hall–Kier alpha value is -1.14. The van der Waals surface area contributed by atoms with Crippen molar-refractivity contribution in [2.45, 2.75) is 109 Å². The molecule has 6 heteroatoms. The fourth-order valence-corrected chi connectivity index (χ4v) is 2.41. The Morgan fingerprint density at radius 1 is 0.680 bits per heavy atom. The van der Waals surface area contributed by atoms with Gasteiger partial charge in [-0.15, -0.1) is 0 Å². The second-order valence-corrected chi connectivity index (χ2v) is 6.63. The molecule has 6 N–H and O–H groups in total. The van der Waals surface area contributed by atoms with Crippen molar-refractivity contribution in [3.8, 4) is 0 Å². The smallest absolute Gasteiger partial charge is 0.303 e. The first-order valence-corrected chi connectivity index (χ1v) is 9.84. The molecular formula is C19H40N2O4. The SMILES string of the molecule is CCCCC(N)N.O=C(O)CCCCCCCCCCCCC(=O)O. The van der Waals surface area contributed by atoms with E-state index in [1.54, 1.807) is 0 Å². The molecule has 0 bridgehead atoms. The normalized spacial score (nSPS) is 10.4. The van der Waals surface area contributed by atoms with Gasteiger partial charge in [0.15, 0.2) is 0 Å². The maximum atomic E-state index is 10.3. The lowest BCUT2D eigenvalue weighted by atomic mass is 10.1. The molecule has 150 valence electrons. The van der Waals surface area contributed by atoms with E-state index < -0.39 is 11.9 Å². The summed E-state index contributed by atoms with van der Waals surface area (Å²) >= 11 is 0. The van der Waals surface area contributed by atoms with E-state index in [4.69, 9.17) is 21.7 Å². The maximum Gasteiger partial charge on any atom is 0.303 e. The summed E-state index contributed by atoms with van der Waals surface area (Å²) in [5.74, 6) is -1.40. The van der Waals surface area contributed by atoms with Crippen LogP contribution in [0.3, 0.4) is 0 Å². The van der Waals surface area contributed by atoms with Gasteiger partial charge in [-0.2, -0.15) is 0 Å². The van der Waals surface area contributed by atoms with Crippen molar-refractivity contribution in [3.05, 3.63) is 0 Å². The van der Waals surface area contributed by atoms with Gasteiger partial charge in [-0.3, -0.25) is 9.59 Å². The molecule has 0 aliphatic rings. The molecule has 0 saturated carbocycles. The van der Waals surface area contributed by atoms with E-state index in [1.165, 1.54) is 32.1 Å². The topological polar surface area (TPSA) is 127 Å². The first-order valence-electron chi connectivity index (χ1n) is 9.84. The van der Waals surface area contributed by atoms with Gasteiger partial charge in [0.2, 0.25) is 0 Å². The predicted octanol–water partition coefficient (Wildman–Crippen LogP) is 4.26. The lowest BCUT2D eigenvalue weighted by Crippen LogP contribution is -2.29. The van der Waals surface area contributed by atoms with Crippen LogP contribution in [-0.4, -0.2) is 28.3 Å². The molecule has 0 atom stereocenters. The number of hydrogen-bond donors (Lipinski definition) is 4. The summed E-state index contributed by atoms with van der Waals surface area (Å²) in [6, 6.07) is 0. The predicted molar refractivity (Wildman–Crippen MR) is 102 cm³/mol. The molecule has 0 radical (unpaired) electrons.